The monoisotopic (exact) mass is 345 g/mol. The van der Waals surface area contributed by atoms with Gasteiger partial charge in [0, 0.05) is 25.3 Å². The number of methoxy groups -OCH3 is 1. The number of carbonyl (C=O) groups excluding carboxylic acids is 1. The number of nitrogens with one attached hydrogen (secondary N) is 1. The van der Waals surface area contributed by atoms with E-state index in [2.05, 4.69) is 10.2 Å². The highest BCUT2D eigenvalue weighted by Gasteiger charge is 2.39. The van der Waals surface area contributed by atoms with Gasteiger partial charge in [-0.2, -0.15) is 0 Å². The fourth-order valence-electron chi connectivity index (χ4n) is 3.22. The summed E-state index contributed by atoms with van der Waals surface area (Å²) in [4.78, 5) is 14.8. The van der Waals surface area contributed by atoms with Crippen molar-refractivity contribution >= 4 is 23.2 Å². The van der Waals surface area contributed by atoms with Crippen LogP contribution in [0, 0.1) is 0 Å². The molecule has 5 nitrogen and oxygen atoms in total. The predicted molar refractivity (Wildman–Crippen MR) is 82.8 cm³/mol. The fourth-order valence-corrected chi connectivity index (χ4v) is 3.48. The van der Waals surface area contributed by atoms with Crippen LogP contribution in [0.15, 0.2) is 18.2 Å². The lowest BCUT2D eigenvalue weighted by molar-refractivity contribution is -0.933. The van der Waals surface area contributed by atoms with E-state index in [4.69, 9.17) is 16.3 Å². The van der Waals surface area contributed by atoms with Gasteiger partial charge in [-0.15, -0.1) is 0 Å². The van der Waals surface area contributed by atoms with Gasteiger partial charge in [-0.25, -0.2) is 0 Å². The maximum atomic E-state index is 12.3. The summed E-state index contributed by atoms with van der Waals surface area (Å²) in [6, 6.07) is 5.31. The molecule has 0 spiro atoms. The normalized spacial score (nSPS) is 26.2. The van der Waals surface area contributed by atoms with Crippen LogP contribution >= 0.6 is 11.6 Å². The van der Waals surface area contributed by atoms with E-state index < -0.39 is 0 Å². The summed E-state index contributed by atoms with van der Waals surface area (Å²) < 4.78 is 6.04. The number of piperazine rings is 3. The van der Waals surface area contributed by atoms with Crippen molar-refractivity contribution in [3.05, 3.63) is 23.2 Å². The molecule has 22 heavy (non-hydrogen) atoms. The van der Waals surface area contributed by atoms with Crippen molar-refractivity contribution in [2.45, 2.75) is 0 Å². The van der Waals surface area contributed by atoms with E-state index in [0.717, 1.165) is 49.4 Å². The highest BCUT2D eigenvalue weighted by atomic mass is 35.5. The molecule has 1 amide bonds. The fraction of sp³-hybridized carbons (Fsp3) is 0.533. The standard InChI is InChI=1S/C15H20ClN3O2.ClH/c1-21-14-3-2-12(10-13(14)16)17-15(20)11-19-7-4-18(5-8-19)6-9-19;/h2-3,10H,4-9,11H2,1H3;1H. The molecular formula is C15H21Cl2N3O2. The lowest BCUT2D eigenvalue weighted by atomic mass is 10.1. The van der Waals surface area contributed by atoms with Crippen LogP contribution in [0.2, 0.25) is 5.02 Å². The van der Waals surface area contributed by atoms with Gasteiger partial charge in [0.25, 0.3) is 5.91 Å². The number of rotatable bonds is 4. The van der Waals surface area contributed by atoms with E-state index in [1.54, 1.807) is 19.2 Å². The molecule has 0 atom stereocenters. The average molecular weight is 346 g/mol. The van der Waals surface area contributed by atoms with Gasteiger partial charge in [-0.3, -0.25) is 9.69 Å². The molecule has 122 valence electrons. The smallest absolute Gasteiger partial charge is 0.279 e. The van der Waals surface area contributed by atoms with Crippen molar-refractivity contribution in [3.63, 3.8) is 0 Å². The second-order valence-electron chi connectivity index (χ2n) is 5.91. The topological polar surface area (TPSA) is 41.6 Å². The predicted octanol–water partition coefficient (Wildman–Crippen LogP) is -1.56. The largest absolute Gasteiger partial charge is 1.00 e. The Kier molecular flexibility index (Phi) is 5.55. The molecule has 1 aromatic carbocycles. The number of ether oxygens (including phenoxy) is 1. The van der Waals surface area contributed by atoms with Gasteiger partial charge >= 0.3 is 0 Å². The number of quaternary nitrogens is 1. The maximum absolute atomic E-state index is 12.3. The second kappa shape index (κ2) is 7.04. The van der Waals surface area contributed by atoms with Crippen LogP contribution in [-0.2, 0) is 4.79 Å². The first-order valence-electron chi connectivity index (χ1n) is 7.31. The van der Waals surface area contributed by atoms with Crippen molar-refractivity contribution in [2.75, 3.05) is 58.2 Å². The molecule has 3 fully saturated rings. The van der Waals surface area contributed by atoms with Crippen LogP contribution < -0.4 is 22.5 Å². The summed E-state index contributed by atoms with van der Waals surface area (Å²) in [5, 5.41) is 3.46. The Balaban J connectivity index is 0.00000176. The number of halogens is 2. The number of fused-ring (bicyclic) bond motifs is 3. The molecular weight excluding hydrogens is 325 g/mol. The summed E-state index contributed by atoms with van der Waals surface area (Å²) >= 11 is 6.08. The summed E-state index contributed by atoms with van der Waals surface area (Å²) in [6.07, 6.45) is 0. The first-order chi connectivity index (χ1) is 10.1. The maximum Gasteiger partial charge on any atom is 0.279 e. The molecule has 7 heteroatoms. The van der Waals surface area contributed by atoms with Crippen molar-refractivity contribution < 1.29 is 26.4 Å². The van der Waals surface area contributed by atoms with Gasteiger partial charge in [0.1, 0.15) is 5.75 Å². The van der Waals surface area contributed by atoms with E-state index in [1.165, 1.54) is 0 Å². The zero-order chi connectivity index (χ0) is 14.9. The van der Waals surface area contributed by atoms with Crippen LogP contribution in [0.1, 0.15) is 0 Å². The van der Waals surface area contributed by atoms with Crippen molar-refractivity contribution in [2.24, 2.45) is 0 Å². The molecule has 2 bridgehead atoms. The number of carbonyl (C=O) groups is 1. The molecule has 3 aliphatic heterocycles. The van der Waals surface area contributed by atoms with E-state index in [0.29, 0.717) is 17.3 Å². The Hall–Kier alpha value is -1.01. The Morgan fingerprint density at radius 2 is 1.95 bits per heavy atom. The van der Waals surface area contributed by atoms with Gasteiger partial charge in [-0.05, 0) is 18.2 Å². The molecule has 3 heterocycles. The minimum absolute atomic E-state index is 0. The molecule has 3 saturated heterocycles. The Bertz CT molecular complexity index is 532. The molecule has 1 N–H and O–H groups in total. The number of hydrogen-bond acceptors (Lipinski definition) is 3. The lowest BCUT2D eigenvalue weighted by Gasteiger charge is -2.50. The third kappa shape index (κ3) is 3.66. The van der Waals surface area contributed by atoms with Gasteiger partial charge < -0.3 is 26.9 Å². The van der Waals surface area contributed by atoms with Gasteiger partial charge in [-0.1, -0.05) is 11.6 Å². The zero-order valence-electron chi connectivity index (χ0n) is 12.6. The van der Waals surface area contributed by atoms with Gasteiger partial charge in [0.2, 0.25) is 0 Å². The van der Waals surface area contributed by atoms with Gasteiger partial charge in [0.15, 0.2) is 6.54 Å². The minimum Gasteiger partial charge on any atom is -1.00 e. The quantitative estimate of drug-likeness (QED) is 0.671. The average Bonchev–Trinajstić information content (AvgIpc) is 2.48. The minimum atomic E-state index is 0. The molecule has 0 aromatic heterocycles. The molecule has 0 saturated carbocycles. The van der Waals surface area contributed by atoms with Crippen LogP contribution in [0.5, 0.6) is 5.75 Å². The molecule has 0 aliphatic carbocycles. The van der Waals surface area contributed by atoms with E-state index >= 15 is 0 Å². The SMILES string of the molecule is COc1ccc(NC(=O)C[N+]23CCN(CC2)CC3)cc1Cl.[Cl-]. The Morgan fingerprint density at radius 3 is 2.50 bits per heavy atom. The van der Waals surface area contributed by atoms with Crippen molar-refractivity contribution in [3.8, 4) is 5.75 Å². The lowest BCUT2D eigenvalue weighted by Crippen LogP contribution is -3.00. The van der Waals surface area contributed by atoms with Crippen molar-refractivity contribution in [1.82, 2.24) is 4.90 Å². The second-order valence-corrected chi connectivity index (χ2v) is 6.32. The first kappa shape index (κ1) is 17.3. The molecule has 0 unspecified atom stereocenters. The first-order valence-corrected chi connectivity index (χ1v) is 7.69. The van der Waals surface area contributed by atoms with Crippen molar-refractivity contribution in [1.29, 1.82) is 0 Å². The van der Waals surface area contributed by atoms with Crippen LogP contribution in [0.4, 0.5) is 5.69 Å². The number of benzene rings is 1. The molecule has 1 aromatic rings. The zero-order valence-corrected chi connectivity index (χ0v) is 14.2. The summed E-state index contributed by atoms with van der Waals surface area (Å²) in [6.45, 7) is 7.13. The van der Waals surface area contributed by atoms with Crippen LogP contribution in [0.3, 0.4) is 0 Å². The number of hydrogen-bond donors (Lipinski definition) is 1. The molecule has 0 radical (unpaired) electrons. The van der Waals surface area contributed by atoms with E-state index in [1.807, 2.05) is 6.07 Å². The highest BCUT2D eigenvalue weighted by molar-refractivity contribution is 6.32. The summed E-state index contributed by atoms with van der Waals surface area (Å²) in [7, 11) is 1.57. The van der Waals surface area contributed by atoms with Gasteiger partial charge in [0.05, 0.1) is 31.8 Å². The number of nitrogens with zero attached hydrogens (tertiary/aromatic N) is 2. The number of amides is 1. The Morgan fingerprint density at radius 1 is 1.32 bits per heavy atom. The summed E-state index contributed by atoms with van der Waals surface area (Å²) in [5.74, 6) is 0.676. The van der Waals surface area contributed by atoms with Crippen LogP contribution in [-0.4, -0.2) is 68.2 Å². The molecule has 3 aliphatic rings. The van der Waals surface area contributed by atoms with Crippen LogP contribution in [0.25, 0.3) is 0 Å². The summed E-state index contributed by atoms with van der Waals surface area (Å²) in [5.41, 5.74) is 0.722. The Labute approximate surface area is 142 Å². The third-order valence-electron chi connectivity index (χ3n) is 4.59. The molecule has 4 rings (SSSR count). The highest BCUT2D eigenvalue weighted by Crippen LogP contribution is 2.27. The number of anilines is 1. The van der Waals surface area contributed by atoms with E-state index in [-0.39, 0.29) is 18.3 Å². The van der Waals surface area contributed by atoms with E-state index in [9.17, 15) is 4.79 Å². The third-order valence-corrected chi connectivity index (χ3v) is 4.88.